The van der Waals surface area contributed by atoms with Crippen LogP contribution in [0.1, 0.15) is 0 Å². The molecule has 0 amide bonds. The van der Waals surface area contributed by atoms with E-state index in [1.54, 1.807) is 6.07 Å². The Balaban J connectivity index is 3.09. The maximum Gasteiger partial charge on any atom is 0.247 e. The summed E-state index contributed by atoms with van der Waals surface area (Å²) in [5.41, 5.74) is 0. The fourth-order valence-corrected chi connectivity index (χ4v) is 2.99. The van der Waals surface area contributed by atoms with Gasteiger partial charge in [-0.25, -0.2) is 13.6 Å². The number of sulfonamides is 1. The molecule has 1 aromatic heterocycles. The second kappa shape index (κ2) is 3.14. The van der Waals surface area contributed by atoms with Gasteiger partial charge in [-0.15, -0.1) is 23.1 Å². The van der Waals surface area contributed by atoms with Gasteiger partial charge < -0.3 is 0 Å². The molecular formula is C5H7NO2S3. The van der Waals surface area contributed by atoms with Crippen LogP contribution in [0.15, 0.2) is 20.6 Å². The summed E-state index contributed by atoms with van der Waals surface area (Å²) in [7, 11) is -3.49. The van der Waals surface area contributed by atoms with Gasteiger partial charge in [0.2, 0.25) is 10.0 Å². The highest BCUT2D eigenvalue weighted by Crippen LogP contribution is 2.27. The van der Waals surface area contributed by atoms with E-state index in [-0.39, 0.29) is 4.21 Å². The van der Waals surface area contributed by atoms with Gasteiger partial charge in [-0.05, 0) is 18.4 Å². The van der Waals surface area contributed by atoms with Crippen LogP contribution in [0.25, 0.3) is 0 Å². The predicted octanol–water partition coefficient (Wildman–Crippen LogP) is 1.12. The van der Waals surface area contributed by atoms with Crippen LogP contribution in [-0.4, -0.2) is 14.7 Å². The number of nitrogens with two attached hydrogens (primary N) is 1. The van der Waals surface area contributed by atoms with Crippen LogP contribution in [0.2, 0.25) is 0 Å². The van der Waals surface area contributed by atoms with Crippen LogP contribution in [0.5, 0.6) is 0 Å². The summed E-state index contributed by atoms with van der Waals surface area (Å²) in [5, 5.41) is 4.90. The lowest BCUT2D eigenvalue weighted by atomic mass is 10.7. The van der Waals surface area contributed by atoms with Crippen LogP contribution in [0, 0.1) is 0 Å². The van der Waals surface area contributed by atoms with Gasteiger partial charge in [0.05, 0.1) is 4.21 Å². The van der Waals surface area contributed by atoms with Crippen molar-refractivity contribution in [3.05, 3.63) is 12.1 Å². The van der Waals surface area contributed by atoms with E-state index in [2.05, 4.69) is 0 Å². The molecule has 0 unspecified atom stereocenters. The number of thioether (sulfide) groups is 1. The van der Waals surface area contributed by atoms with Gasteiger partial charge in [0, 0.05) is 0 Å². The number of hydrogen-bond acceptors (Lipinski definition) is 4. The number of hydrogen-bond donors (Lipinski definition) is 1. The number of rotatable bonds is 2. The minimum atomic E-state index is -3.49. The molecule has 0 saturated heterocycles. The van der Waals surface area contributed by atoms with E-state index in [0.29, 0.717) is 0 Å². The molecule has 0 aromatic carbocycles. The Labute approximate surface area is 73.7 Å². The standard InChI is InChI=1S/C5H7NO2S3/c1-9-4-2-3-5(10-4)11(6,7)8/h2-3H,1H3,(H2,6,7,8). The van der Waals surface area contributed by atoms with Crippen LogP contribution in [0.3, 0.4) is 0 Å². The molecule has 6 heteroatoms. The Morgan fingerprint density at radius 3 is 2.45 bits per heavy atom. The number of primary sulfonamides is 1. The first kappa shape index (κ1) is 9.05. The first-order chi connectivity index (χ1) is 5.04. The van der Waals surface area contributed by atoms with Crippen LogP contribution in [0.4, 0.5) is 0 Å². The average Bonchev–Trinajstić information content (AvgIpc) is 2.32. The Bertz CT molecular complexity index is 340. The van der Waals surface area contributed by atoms with E-state index >= 15 is 0 Å². The molecule has 3 nitrogen and oxygen atoms in total. The molecule has 0 aliphatic carbocycles. The molecule has 0 aliphatic rings. The maximum absolute atomic E-state index is 10.7. The average molecular weight is 209 g/mol. The van der Waals surface area contributed by atoms with Crippen LogP contribution >= 0.6 is 23.1 Å². The van der Waals surface area contributed by atoms with Crippen molar-refractivity contribution in [3.63, 3.8) is 0 Å². The quantitative estimate of drug-likeness (QED) is 0.742. The fraction of sp³-hybridized carbons (Fsp3) is 0.200. The molecule has 0 bridgehead atoms. The van der Waals surface area contributed by atoms with Gasteiger partial charge in [0.25, 0.3) is 0 Å². The van der Waals surface area contributed by atoms with Crippen molar-refractivity contribution in [1.29, 1.82) is 0 Å². The first-order valence-corrected chi connectivity index (χ1v) is 6.29. The zero-order chi connectivity index (χ0) is 8.48. The van der Waals surface area contributed by atoms with Gasteiger partial charge >= 0.3 is 0 Å². The van der Waals surface area contributed by atoms with Gasteiger partial charge in [-0.2, -0.15) is 0 Å². The highest BCUT2D eigenvalue weighted by molar-refractivity contribution is 8.01. The van der Waals surface area contributed by atoms with E-state index in [9.17, 15) is 8.42 Å². The molecule has 0 radical (unpaired) electrons. The van der Waals surface area contributed by atoms with E-state index in [0.717, 1.165) is 4.21 Å². The topological polar surface area (TPSA) is 60.2 Å². The molecule has 1 aromatic rings. The van der Waals surface area contributed by atoms with E-state index in [4.69, 9.17) is 5.14 Å². The second-order valence-electron chi connectivity index (χ2n) is 1.82. The second-order valence-corrected chi connectivity index (χ2v) is 5.80. The summed E-state index contributed by atoms with van der Waals surface area (Å²) >= 11 is 2.69. The maximum atomic E-state index is 10.7. The molecule has 0 saturated carbocycles. The third-order valence-electron chi connectivity index (χ3n) is 1.04. The van der Waals surface area contributed by atoms with Gasteiger partial charge in [-0.3, -0.25) is 0 Å². The lowest BCUT2D eigenvalue weighted by molar-refractivity contribution is 0.600. The molecule has 2 N–H and O–H groups in total. The molecule has 0 fully saturated rings. The Hall–Kier alpha value is -0.0400. The smallest absolute Gasteiger partial charge is 0.224 e. The SMILES string of the molecule is CSc1ccc(S(N)(=O)=O)s1. The van der Waals surface area contributed by atoms with Crippen molar-refractivity contribution in [2.75, 3.05) is 6.26 Å². The molecule has 1 rings (SSSR count). The fourth-order valence-electron chi connectivity index (χ4n) is 0.566. The summed E-state index contributed by atoms with van der Waals surface area (Å²) in [4.78, 5) is 0. The summed E-state index contributed by atoms with van der Waals surface area (Å²) in [6, 6.07) is 3.26. The largest absolute Gasteiger partial charge is 0.247 e. The zero-order valence-corrected chi connectivity index (χ0v) is 8.22. The normalized spacial score (nSPS) is 11.8. The number of thiophene rings is 1. The van der Waals surface area contributed by atoms with Crippen LogP contribution < -0.4 is 5.14 Å². The third-order valence-corrected chi connectivity index (χ3v) is 4.65. The minimum Gasteiger partial charge on any atom is -0.224 e. The lowest BCUT2D eigenvalue weighted by Crippen LogP contribution is -2.09. The van der Waals surface area contributed by atoms with Crippen molar-refractivity contribution >= 4 is 33.1 Å². The monoisotopic (exact) mass is 209 g/mol. The highest BCUT2D eigenvalue weighted by atomic mass is 32.3. The summed E-state index contributed by atoms with van der Waals surface area (Å²) in [5.74, 6) is 0. The summed E-state index contributed by atoms with van der Waals surface area (Å²) < 4.78 is 22.7. The Morgan fingerprint density at radius 2 is 2.18 bits per heavy atom. The van der Waals surface area contributed by atoms with Crippen molar-refractivity contribution in [3.8, 4) is 0 Å². The minimum absolute atomic E-state index is 0.224. The molecule has 0 spiro atoms. The van der Waals surface area contributed by atoms with Gasteiger partial charge in [0.1, 0.15) is 4.21 Å². The lowest BCUT2D eigenvalue weighted by Gasteiger charge is -1.88. The first-order valence-electron chi connectivity index (χ1n) is 2.70. The third kappa shape index (κ3) is 2.19. The van der Waals surface area contributed by atoms with Crippen LogP contribution in [-0.2, 0) is 10.0 Å². The van der Waals surface area contributed by atoms with E-state index < -0.39 is 10.0 Å². The summed E-state index contributed by atoms with van der Waals surface area (Å²) in [6.07, 6.45) is 1.89. The molecule has 0 atom stereocenters. The van der Waals surface area contributed by atoms with Gasteiger partial charge in [0.15, 0.2) is 0 Å². The zero-order valence-electron chi connectivity index (χ0n) is 5.77. The van der Waals surface area contributed by atoms with E-state index in [1.807, 2.05) is 6.26 Å². The molecule has 11 heavy (non-hydrogen) atoms. The van der Waals surface area contributed by atoms with Crippen molar-refractivity contribution in [2.45, 2.75) is 8.42 Å². The predicted molar refractivity (Wildman–Crippen MR) is 47.5 cm³/mol. The molecule has 0 aliphatic heterocycles. The Kier molecular flexibility index (Phi) is 2.58. The van der Waals surface area contributed by atoms with E-state index in [1.165, 1.54) is 29.2 Å². The Morgan fingerprint density at radius 1 is 1.55 bits per heavy atom. The van der Waals surface area contributed by atoms with Crippen molar-refractivity contribution < 1.29 is 8.42 Å². The molecular weight excluding hydrogens is 202 g/mol. The molecule has 62 valence electrons. The van der Waals surface area contributed by atoms with Gasteiger partial charge in [-0.1, -0.05) is 0 Å². The highest BCUT2D eigenvalue weighted by Gasteiger charge is 2.09. The molecule has 1 heterocycles. The van der Waals surface area contributed by atoms with Crippen molar-refractivity contribution in [1.82, 2.24) is 0 Å². The summed E-state index contributed by atoms with van der Waals surface area (Å²) in [6.45, 7) is 0. The van der Waals surface area contributed by atoms with Crippen molar-refractivity contribution in [2.24, 2.45) is 5.14 Å².